The molecule has 1 rings (SSSR count). The van der Waals surface area contributed by atoms with Gasteiger partial charge in [-0.25, -0.2) is 0 Å². The van der Waals surface area contributed by atoms with Gasteiger partial charge in [0.2, 0.25) is 0 Å². The van der Waals surface area contributed by atoms with Crippen molar-refractivity contribution in [2.75, 3.05) is 13.7 Å². The van der Waals surface area contributed by atoms with Crippen molar-refractivity contribution in [3.63, 3.8) is 0 Å². The fraction of sp³-hybridized carbons (Fsp3) is 1.00. The third kappa shape index (κ3) is 2.62. The number of aliphatic hydroxyl groups excluding tert-OH is 1. The topological polar surface area (TPSA) is 90.7 Å². The van der Waals surface area contributed by atoms with E-state index in [2.05, 4.69) is 0 Å². The smallest absolute Gasteiger partial charge is 0.172 e. The van der Waals surface area contributed by atoms with Crippen LogP contribution >= 0.6 is 0 Å². The molecule has 1 aliphatic heterocycles. The molecule has 5 nitrogen and oxygen atoms in total. The van der Waals surface area contributed by atoms with Crippen LogP contribution in [0.15, 0.2) is 0 Å². The first-order valence-corrected chi connectivity index (χ1v) is 4.51. The van der Waals surface area contributed by atoms with Gasteiger partial charge in [-0.05, 0) is 12.8 Å². The minimum absolute atomic E-state index is 0.105. The summed E-state index contributed by atoms with van der Waals surface area (Å²) in [4.78, 5) is 0. The van der Waals surface area contributed by atoms with E-state index in [-0.39, 0.29) is 18.7 Å². The van der Waals surface area contributed by atoms with Crippen molar-refractivity contribution in [2.24, 2.45) is 11.5 Å². The lowest BCUT2D eigenvalue weighted by atomic mass is 10.0. The van der Waals surface area contributed by atoms with Crippen LogP contribution < -0.4 is 11.5 Å². The molecule has 0 aromatic carbocycles. The highest BCUT2D eigenvalue weighted by Gasteiger charge is 2.31. The predicted molar refractivity (Wildman–Crippen MR) is 47.9 cm³/mol. The molecule has 0 radical (unpaired) electrons. The van der Waals surface area contributed by atoms with Crippen molar-refractivity contribution >= 4 is 0 Å². The second-order valence-electron chi connectivity index (χ2n) is 3.32. The third-order valence-corrected chi connectivity index (χ3v) is 2.35. The van der Waals surface area contributed by atoms with Gasteiger partial charge in [0.25, 0.3) is 0 Å². The van der Waals surface area contributed by atoms with Crippen LogP contribution in [0.2, 0.25) is 0 Å². The molecule has 1 heterocycles. The number of nitrogens with two attached hydrogens (primary N) is 2. The average molecular weight is 190 g/mol. The maximum absolute atomic E-state index is 9.44. The van der Waals surface area contributed by atoms with E-state index < -0.39 is 12.4 Å². The van der Waals surface area contributed by atoms with Crippen molar-refractivity contribution in [3.8, 4) is 0 Å². The molecule has 0 aromatic rings. The Balaban J connectivity index is 2.44. The van der Waals surface area contributed by atoms with Crippen molar-refractivity contribution < 1.29 is 14.6 Å². The van der Waals surface area contributed by atoms with Crippen molar-refractivity contribution in [1.82, 2.24) is 0 Å². The van der Waals surface area contributed by atoms with Crippen LogP contribution in [0.3, 0.4) is 0 Å². The van der Waals surface area contributed by atoms with Crippen molar-refractivity contribution in [1.29, 1.82) is 0 Å². The minimum atomic E-state index is -0.620. The molecule has 5 N–H and O–H groups in total. The Kier molecular flexibility index (Phi) is 4.08. The van der Waals surface area contributed by atoms with Crippen molar-refractivity contribution in [2.45, 2.75) is 37.4 Å². The number of hydrogen-bond donors (Lipinski definition) is 3. The van der Waals surface area contributed by atoms with Gasteiger partial charge >= 0.3 is 0 Å². The van der Waals surface area contributed by atoms with Gasteiger partial charge in [-0.2, -0.15) is 0 Å². The molecular weight excluding hydrogens is 172 g/mol. The van der Waals surface area contributed by atoms with E-state index in [1.54, 1.807) is 7.11 Å². The Hall–Kier alpha value is -0.200. The summed E-state index contributed by atoms with van der Waals surface area (Å²) in [5.74, 6) is 0. The summed E-state index contributed by atoms with van der Waals surface area (Å²) in [7, 11) is 1.54. The zero-order chi connectivity index (χ0) is 9.84. The first-order valence-electron chi connectivity index (χ1n) is 4.51. The standard InChI is InChI=1S/C8H18N2O3/c1-12-8-5(10)2-3-7(13-8)6(11)4-9/h5-8,11H,2-4,9-10H2,1H3/t5?,6?,7?,8-/m0/s1. The maximum atomic E-state index is 9.44. The lowest BCUT2D eigenvalue weighted by molar-refractivity contribution is -0.209. The summed E-state index contributed by atoms with van der Waals surface area (Å²) in [6.07, 6.45) is 0.249. The zero-order valence-corrected chi connectivity index (χ0v) is 7.85. The molecule has 0 amide bonds. The van der Waals surface area contributed by atoms with E-state index in [1.165, 1.54) is 0 Å². The third-order valence-electron chi connectivity index (χ3n) is 2.35. The number of hydrogen-bond acceptors (Lipinski definition) is 5. The van der Waals surface area contributed by atoms with Gasteiger partial charge < -0.3 is 26.0 Å². The van der Waals surface area contributed by atoms with Gasteiger partial charge in [-0.15, -0.1) is 0 Å². The Morgan fingerprint density at radius 3 is 2.85 bits per heavy atom. The van der Waals surface area contributed by atoms with Gasteiger partial charge in [-0.1, -0.05) is 0 Å². The molecule has 1 fully saturated rings. The minimum Gasteiger partial charge on any atom is -0.389 e. The van der Waals surface area contributed by atoms with Crippen LogP contribution in [-0.2, 0) is 9.47 Å². The number of ether oxygens (including phenoxy) is 2. The monoisotopic (exact) mass is 190 g/mol. The molecule has 13 heavy (non-hydrogen) atoms. The molecule has 0 saturated carbocycles. The lowest BCUT2D eigenvalue weighted by Crippen LogP contribution is -2.49. The highest BCUT2D eigenvalue weighted by Crippen LogP contribution is 2.20. The second kappa shape index (κ2) is 4.88. The van der Waals surface area contributed by atoms with Crippen LogP contribution in [0, 0.1) is 0 Å². The van der Waals surface area contributed by atoms with Gasteiger partial charge in [-0.3, -0.25) is 0 Å². The highest BCUT2D eigenvalue weighted by molar-refractivity contribution is 4.80. The van der Waals surface area contributed by atoms with E-state index in [0.29, 0.717) is 0 Å². The van der Waals surface area contributed by atoms with Gasteiger partial charge in [0.1, 0.15) is 0 Å². The molecular formula is C8H18N2O3. The second-order valence-corrected chi connectivity index (χ2v) is 3.32. The number of methoxy groups -OCH3 is 1. The predicted octanol–water partition coefficient (Wildman–Crippen LogP) is -1.22. The highest BCUT2D eigenvalue weighted by atomic mass is 16.7. The van der Waals surface area contributed by atoms with Crippen LogP contribution in [0.25, 0.3) is 0 Å². The lowest BCUT2D eigenvalue weighted by Gasteiger charge is -2.35. The van der Waals surface area contributed by atoms with Crippen LogP contribution in [-0.4, -0.2) is 43.3 Å². The molecule has 1 saturated heterocycles. The quantitative estimate of drug-likeness (QED) is 0.519. The van der Waals surface area contributed by atoms with E-state index in [1.807, 2.05) is 0 Å². The summed E-state index contributed by atoms with van der Waals surface area (Å²) in [6.45, 7) is 0.205. The normalized spacial score (nSPS) is 37.4. The first-order chi connectivity index (χ1) is 6.19. The van der Waals surface area contributed by atoms with Gasteiger partial charge in [0, 0.05) is 13.7 Å². The van der Waals surface area contributed by atoms with E-state index in [9.17, 15) is 5.11 Å². The van der Waals surface area contributed by atoms with Gasteiger partial charge in [0.05, 0.1) is 18.2 Å². The number of rotatable bonds is 3. The van der Waals surface area contributed by atoms with Crippen LogP contribution in [0.4, 0.5) is 0 Å². The van der Waals surface area contributed by atoms with Crippen LogP contribution in [0.5, 0.6) is 0 Å². The summed E-state index contributed by atoms with van der Waals surface area (Å²) >= 11 is 0. The largest absolute Gasteiger partial charge is 0.389 e. The Bertz CT molecular complexity index is 156. The van der Waals surface area contributed by atoms with Crippen molar-refractivity contribution in [3.05, 3.63) is 0 Å². The first kappa shape index (κ1) is 10.9. The molecule has 4 atom stereocenters. The summed E-state index contributed by atoms with van der Waals surface area (Å²) in [6, 6.07) is -0.105. The van der Waals surface area contributed by atoms with E-state index in [0.717, 1.165) is 12.8 Å². The fourth-order valence-electron chi connectivity index (χ4n) is 1.50. The molecule has 0 bridgehead atoms. The molecule has 1 aliphatic rings. The van der Waals surface area contributed by atoms with Gasteiger partial charge in [0.15, 0.2) is 6.29 Å². The van der Waals surface area contributed by atoms with Crippen LogP contribution in [0.1, 0.15) is 12.8 Å². The summed E-state index contributed by atoms with van der Waals surface area (Å²) in [5.41, 5.74) is 11.1. The Morgan fingerprint density at radius 1 is 1.62 bits per heavy atom. The molecule has 5 heteroatoms. The maximum Gasteiger partial charge on any atom is 0.172 e. The molecule has 78 valence electrons. The molecule has 3 unspecified atom stereocenters. The van der Waals surface area contributed by atoms with E-state index >= 15 is 0 Å². The average Bonchev–Trinajstić information content (AvgIpc) is 2.17. The zero-order valence-electron chi connectivity index (χ0n) is 7.85. The Labute approximate surface area is 78.0 Å². The summed E-state index contributed by atoms with van der Waals surface area (Å²) < 4.78 is 10.5. The molecule has 0 aromatic heterocycles. The molecule has 0 spiro atoms. The van der Waals surface area contributed by atoms with E-state index in [4.69, 9.17) is 20.9 Å². The molecule has 0 aliphatic carbocycles. The summed E-state index contributed by atoms with van der Waals surface area (Å²) in [5, 5.41) is 9.44. The number of aliphatic hydroxyl groups is 1. The Morgan fingerprint density at radius 2 is 2.31 bits per heavy atom. The SMILES string of the molecule is CO[C@H]1OC(C(O)CN)CCC1N. The fourth-order valence-corrected chi connectivity index (χ4v) is 1.50.